The van der Waals surface area contributed by atoms with E-state index in [-0.39, 0.29) is 5.82 Å². The number of benzene rings is 1. The summed E-state index contributed by atoms with van der Waals surface area (Å²) in [6.07, 6.45) is 0. The van der Waals surface area contributed by atoms with Gasteiger partial charge in [0, 0.05) is 32.2 Å². The lowest BCUT2D eigenvalue weighted by atomic mass is 10.2. The molecule has 0 spiro atoms. The van der Waals surface area contributed by atoms with Crippen LogP contribution >= 0.6 is 0 Å². The van der Waals surface area contributed by atoms with Gasteiger partial charge in [0.25, 0.3) is 0 Å². The van der Waals surface area contributed by atoms with Crippen LogP contribution in [0.4, 0.5) is 20.3 Å². The van der Waals surface area contributed by atoms with Gasteiger partial charge in [0.1, 0.15) is 17.4 Å². The van der Waals surface area contributed by atoms with Gasteiger partial charge in [-0.05, 0) is 24.3 Å². The number of ether oxygens (including phenoxy) is 1. The maximum absolute atomic E-state index is 13.3. The summed E-state index contributed by atoms with van der Waals surface area (Å²) < 4.78 is 31.7. The number of anilines is 2. The summed E-state index contributed by atoms with van der Waals surface area (Å²) >= 11 is 0. The molecule has 0 unspecified atom stereocenters. The first kappa shape index (κ1) is 14.6. The number of hydrogen-bond acceptors (Lipinski definition) is 4. The van der Waals surface area contributed by atoms with Crippen LogP contribution < -0.4 is 14.5 Å². The molecule has 0 amide bonds. The van der Waals surface area contributed by atoms with Gasteiger partial charge in [-0.15, -0.1) is 0 Å². The SMILES string of the molecule is COc1cc(F)ccc1N1CCN(c2cccc(F)n2)CC1. The van der Waals surface area contributed by atoms with Crippen molar-refractivity contribution in [2.45, 2.75) is 0 Å². The Labute approximate surface area is 127 Å². The number of methoxy groups -OCH3 is 1. The van der Waals surface area contributed by atoms with Gasteiger partial charge >= 0.3 is 0 Å². The molecular formula is C16H17F2N3O. The van der Waals surface area contributed by atoms with Crippen LogP contribution in [0.2, 0.25) is 0 Å². The van der Waals surface area contributed by atoms with Crippen LogP contribution in [0.25, 0.3) is 0 Å². The summed E-state index contributed by atoms with van der Waals surface area (Å²) in [4.78, 5) is 8.08. The molecule has 3 rings (SSSR count). The predicted molar refractivity (Wildman–Crippen MR) is 81.6 cm³/mol. The van der Waals surface area contributed by atoms with E-state index < -0.39 is 5.95 Å². The third-order valence-corrected chi connectivity index (χ3v) is 3.79. The van der Waals surface area contributed by atoms with E-state index in [2.05, 4.69) is 9.88 Å². The molecule has 1 aromatic carbocycles. The molecule has 0 bridgehead atoms. The van der Waals surface area contributed by atoms with Crippen molar-refractivity contribution in [1.82, 2.24) is 4.98 Å². The summed E-state index contributed by atoms with van der Waals surface area (Å²) in [5.74, 6) is 0.381. The van der Waals surface area contributed by atoms with Gasteiger partial charge in [-0.3, -0.25) is 0 Å². The quantitative estimate of drug-likeness (QED) is 0.815. The molecule has 6 heteroatoms. The Morgan fingerprint density at radius 3 is 2.41 bits per heavy atom. The molecule has 1 aliphatic rings. The Morgan fingerprint density at radius 2 is 1.73 bits per heavy atom. The third-order valence-electron chi connectivity index (χ3n) is 3.79. The highest BCUT2D eigenvalue weighted by Crippen LogP contribution is 2.30. The molecule has 0 N–H and O–H groups in total. The van der Waals surface area contributed by atoms with Gasteiger partial charge in [-0.25, -0.2) is 9.37 Å². The topological polar surface area (TPSA) is 28.6 Å². The Bertz CT molecular complexity index is 658. The fourth-order valence-corrected chi connectivity index (χ4v) is 2.66. The number of nitrogens with zero attached hydrogens (tertiary/aromatic N) is 3. The minimum Gasteiger partial charge on any atom is -0.494 e. The maximum Gasteiger partial charge on any atom is 0.214 e. The Morgan fingerprint density at radius 1 is 1.00 bits per heavy atom. The highest BCUT2D eigenvalue weighted by atomic mass is 19.1. The second kappa shape index (κ2) is 6.17. The lowest BCUT2D eigenvalue weighted by molar-refractivity contribution is 0.410. The van der Waals surface area contributed by atoms with Crippen molar-refractivity contribution in [1.29, 1.82) is 0 Å². The minimum atomic E-state index is -0.472. The normalized spacial score (nSPS) is 15.0. The van der Waals surface area contributed by atoms with E-state index in [1.165, 1.54) is 25.3 Å². The van der Waals surface area contributed by atoms with Crippen molar-refractivity contribution in [2.75, 3.05) is 43.1 Å². The average Bonchev–Trinajstić information content (AvgIpc) is 2.55. The molecule has 0 radical (unpaired) electrons. The number of rotatable bonds is 3. The summed E-state index contributed by atoms with van der Waals surface area (Å²) in [6, 6.07) is 9.34. The maximum atomic E-state index is 13.3. The molecule has 1 aromatic heterocycles. The first-order valence-corrected chi connectivity index (χ1v) is 7.13. The third kappa shape index (κ3) is 2.95. The second-order valence-electron chi connectivity index (χ2n) is 5.11. The molecule has 22 heavy (non-hydrogen) atoms. The zero-order chi connectivity index (χ0) is 15.5. The number of halogens is 2. The largest absolute Gasteiger partial charge is 0.494 e. The molecule has 0 atom stereocenters. The lowest BCUT2D eigenvalue weighted by Crippen LogP contribution is -2.47. The van der Waals surface area contributed by atoms with Gasteiger partial charge in [-0.2, -0.15) is 4.39 Å². The van der Waals surface area contributed by atoms with Gasteiger partial charge in [-0.1, -0.05) is 6.07 Å². The summed E-state index contributed by atoms with van der Waals surface area (Å²) in [6.45, 7) is 2.91. The molecular weight excluding hydrogens is 288 g/mol. The standard InChI is InChI=1S/C16H17F2N3O/c1-22-14-11-12(17)5-6-13(14)20-7-9-21(10-8-20)16-4-2-3-15(18)19-16/h2-6,11H,7-10H2,1H3. The molecule has 2 aromatic rings. The number of pyridine rings is 1. The smallest absolute Gasteiger partial charge is 0.214 e. The van der Waals surface area contributed by atoms with E-state index in [4.69, 9.17) is 4.74 Å². The van der Waals surface area contributed by atoms with Crippen LogP contribution in [-0.4, -0.2) is 38.3 Å². The Kier molecular flexibility index (Phi) is 4.09. The molecule has 4 nitrogen and oxygen atoms in total. The van der Waals surface area contributed by atoms with Gasteiger partial charge in [0.05, 0.1) is 12.8 Å². The fourth-order valence-electron chi connectivity index (χ4n) is 2.66. The molecule has 1 saturated heterocycles. The van der Waals surface area contributed by atoms with Crippen LogP contribution in [0, 0.1) is 11.8 Å². The Balaban J connectivity index is 1.72. The number of piperazine rings is 1. The van der Waals surface area contributed by atoms with E-state index >= 15 is 0 Å². The first-order chi connectivity index (χ1) is 10.7. The molecule has 0 aliphatic carbocycles. The van der Waals surface area contributed by atoms with E-state index in [0.29, 0.717) is 11.6 Å². The van der Waals surface area contributed by atoms with E-state index in [1.54, 1.807) is 18.2 Å². The summed E-state index contributed by atoms with van der Waals surface area (Å²) in [5, 5.41) is 0. The van der Waals surface area contributed by atoms with Crippen molar-refractivity contribution >= 4 is 11.5 Å². The molecule has 2 heterocycles. The van der Waals surface area contributed by atoms with Crippen molar-refractivity contribution in [3.05, 3.63) is 48.2 Å². The number of hydrogen-bond donors (Lipinski definition) is 0. The molecule has 1 aliphatic heterocycles. The van der Waals surface area contributed by atoms with Crippen molar-refractivity contribution in [2.24, 2.45) is 0 Å². The van der Waals surface area contributed by atoms with Crippen LogP contribution in [0.15, 0.2) is 36.4 Å². The Hall–Kier alpha value is -2.37. The highest BCUT2D eigenvalue weighted by molar-refractivity contribution is 5.59. The van der Waals surface area contributed by atoms with Crippen LogP contribution in [0.5, 0.6) is 5.75 Å². The molecule has 116 valence electrons. The van der Waals surface area contributed by atoms with Gasteiger partial charge < -0.3 is 14.5 Å². The second-order valence-corrected chi connectivity index (χ2v) is 5.11. The van der Waals surface area contributed by atoms with Crippen molar-refractivity contribution in [3.63, 3.8) is 0 Å². The average molecular weight is 305 g/mol. The lowest BCUT2D eigenvalue weighted by Gasteiger charge is -2.37. The highest BCUT2D eigenvalue weighted by Gasteiger charge is 2.21. The minimum absolute atomic E-state index is 0.316. The molecule has 1 fully saturated rings. The van der Waals surface area contributed by atoms with E-state index in [0.717, 1.165) is 31.9 Å². The summed E-state index contributed by atoms with van der Waals surface area (Å²) in [5.41, 5.74) is 0.871. The van der Waals surface area contributed by atoms with Crippen LogP contribution in [-0.2, 0) is 0 Å². The van der Waals surface area contributed by atoms with Gasteiger partial charge in [0.15, 0.2) is 0 Å². The zero-order valence-electron chi connectivity index (χ0n) is 12.3. The van der Waals surface area contributed by atoms with E-state index in [9.17, 15) is 8.78 Å². The first-order valence-electron chi connectivity index (χ1n) is 7.13. The van der Waals surface area contributed by atoms with E-state index in [1.807, 2.05) is 4.90 Å². The zero-order valence-corrected chi connectivity index (χ0v) is 12.3. The van der Waals surface area contributed by atoms with Gasteiger partial charge in [0.2, 0.25) is 5.95 Å². The predicted octanol–water partition coefficient (Wildman–Crippen LogP) is 2.70. The fraction of sp³-hybridized carbons (Fsp3) is 0.312. The molecule has 0 saturated carbocycles. The van der Waals surface area contributed by atoms with Crippen LogP contribution in [0.3, 0.4) is 0 Å². The van der Waals surface area contributed by atoms with Crippen molar-refractivity contribution < 1.29 is 13.5 Å². The number of aromatic nitrogens is 1. The summed E-state index contributed by atoms with van der Waals surface area (Å²) in [7, 11) is 1.53. The van der Waals surface area contributed by atoms with Crippen molar-refractivity contribution in [3.8, 4) is 5.75 Å². The van der Waals surface area contributed by atoms with Crippen LogP contribution in [0.1, 0.15) is 0 Å². The monoisotopic (exact) mass is 305 g/mol.